The Labute approximate surface area is 156 Å². The number of nitrogens with one attached hydrogen (secondary N) is 1. The molecule has 0 saturated heterocycles. The molecule has 0 saturated carbocycles. The Kier molecular flexibility index (Phi) is 5.43. The largest absolute Gasteiger partial charge is 0.494 e. The van der Waals surface area contributed by atoms with Crippen LogP contribution in [0.3, 0.4) is 0 Å². The second-order valence-corrected chi connectivity index (χ2v) is 7.52. The highest BCUT2D eigenvalue weighted by atomic mass is 35.5. The van der Waals surface area contributed by atoms with E-state index in [1.54, 1.807) is 28.9 Å². The van der Waals surface area contributed by atoms with Crippen molar-refractivity contribution < 1.29 is 13.2 Å². The molecule has 0 aliphatic heterocycles. The second kappa shape index (κ2) is 7.76. The highest BCUT2D eigenvalue weighted by molar-refractivity contribution is 7.92. The predicted molar refractivity (Wildman–Crippen MR) is 99.0 cm³/mol. The van der Waals surface area contributed by atoms with E-state index in [0.29, 0.717) is 23.9 Å². The molecule has 1 N–H and O–H groups in total. The Morgan fingerprint density at radius 3 is 2.46 bits per heavy atom. The van der Waals surface area contributed by atoms with Crippen LogP contribution in [-0.4, -0.2) is 29.8 Å². The lowest BCUT2D eigenvalue weighted by Crippen LogP contribution is -2.14. The number of nitrogens with zero attached hydrogens (tertiary/aromatic N) is 3. The maximum atomic E-state index is 12.4. The van der Waals surface area contributed by atoms with Crippen molar-refractivity contribution in [2.75, 3.05) is 11.3 Å². The minimum atomic E-state index is -3.77. The molecule has 136 valence electrons. The van der Waals surface area contributed by atoms with E-state index < -0.39 is 10.0 Å². The third-order valence-electron chi connectivity index (χ3n) is 3.46. The molecule has 0 atom stereocenters. The molecular weight excluding hydrogens is 376 g/mol. The maximum absolute atomic E-state index is 12.4. The quantitative estimate of drug-likeness (QED) is 0.667. The molecule has 0 spiro atoms. The summed E-state index contributed by atoms with van der Waals surface area (Å²) >= 11 is 5.86. The number of aromatic nitrogens is 3. The summed E-state index contributed by atoms with van der Waals surface area (Å²) in [7, 11) is -3.77. The summed E-state index contributed by atoms with van der Waals surface area (Å²) in [6.45, 7) is 2.83. The van der Waals surface area contributed by atoms with Crippen molar-refractivity contribution in [2.45, 2.75) is 18.4 Å². The lowest BCUT2D eigenvalue weighted by molar-refractivity contribution is 0.340. The first kappa shape index (κ1) is 18.2. The van der Waals surface area contributed by atoms with Crippen molar-refractivity contribution in [1.29, 1.82) is 0 Å². The molecule has 0 aliphatic carbocycles. The lowest BCUT2D eigenvalue weighted by atomic mass is 10.2. The number of rotatable bonds is 7. The summed E-state index contributed by atoms with van der Waals surface area (Å²) < 4.78 is 34.1. The summed E-state index contributed by atoms with van der Waals surface area (Å²) in [4.78, 5) is 4.10. The maximum Gasteiger partial charge on any atom is 0.264 e. The third-order valence-corrected chi connectivity index (χ3v) is 5.06. The first-order valence-electron chi connectivity index (χ1n) is 7.86. The van der Waals surface area contributed by atoms with Crippen LogP contribution in [0.25, 0.3) is 0 Å². The number of benzene rings is 2. The number of halogens is 1. The van der Waals surface area contributed by atoms with Gasteiger partial charge in [0.15, 0.2) is 0 Å². The number of ether oxygens (including phenoxy) is 1. The van der Waals surface area contributed by atoms with Crippen molar-refractivity contribution in [2.24, 2.45) is 0 Å². The van der Waals surface area contributed by atoms with Crippen LogP contribution in [0.5, 0.6) is 5.75 Å². The SMILES string of the molecule is CCOc1ccc(S(=O)(=O)Nc2ncn(Cc3ccc(Cl)cc3)n2)cc1. The topological polar surface area (TPSA) is 86.1 Å². The van der Waals surface area contributed by atoms with E-state index >= 15 is 0 Å². The van der Waals surface area contributed by atoms with E-state index in [-0.39, 0.29) is 10.8 Å². The van der Waals surface area contributed by atoms with Crippen LogP contribution in [0.15, 0.2) is 59.8 Å². The second-order valence-electron chi connectivity index (χ2n) is 5.40. The molecule has 0 bridgehead atoms. The van der Waals surface area contributed by atoms with Crippen LogP contribution in [0, 0.1) is 0 Å². The Morgan fingerprint density at radius 2 is 1.81 bits per heavy atom. The monoisotopic (exact) mass is 392 g/mol. The van der Waals surface area contributed by atoms with Gasteiger partial charge in [-0.15, -0.1) is 5.10 Å². The highest BCUT2D eigenvalue weighted by Crippen LogP contribution is 2.18. The fourth-order valence-electron chi connectivity index (χ4n) is 2.26. The first-order valence-corrected chi connectivity index (χ1v) is 9.72. The fourth-order valence-corrected chi connectivity index (χ4v) is 3.33. The minimum absolute atomic E-state index is 0.00727. The van der Waals surface area contributed by atoms with Crippen LogP contribution in [-0.2, 0) is 16.6 Å². The van der Waals surface area contributed by atoms with E-state index in [4.69, 9.17) is 16.3 Å². The molecule has 0 radical (unpaired) electrons. The molecule has 0 unspecified atom stereocenters. The molecule has 1 heterocycles. The van der Waals surface area contributed by atoms with E-state index in [0.717, 1.165) is 5.56 Å². The molecule has 1 aromatic heterocycles. The third kappa shape index (κ3) is 4.53. The Bertz CT molecular complexity index is 970. The summed E-state index contributed by atoms with van der Waals surface area (Å²) in [6, 6.07) is 13.4. The fraction of sp³-hybridized carbons (Fsp3) is 0.176. The van der Waals surface area contributed by atoms with Gasteiger partial charge in [0.2, 0.25) is 0 Å². The lowest BCUT2D eigenvalue weighted by Gasteiger charge is -2.06. The molecule has 0 amide bonds. The van der Waals surface area contributed by atoms with Crippen molar-refractivity contribution >= 4 is 27.6 Å². The molecule has 7 nitrogen and oxygen atoms in total. The Balaban J connectivity index is 1.70. The van der Waals surface area contributed by atoms with Crippen LogP contribution >= 0.6 is 11.6 Å². The normalized spacial score (nSPS) is 11.3. The van der Waals surface area contributed by atoms with E-state index in [1.165, 1.54) is 18.5 Å². The molecule has 3 aromatic rings. The van der Waals surface area contributed by atoms with Gasteiger partial charge in [-0.05, 0) is 48.9 Å². The molecule has 3 rings (SSSR count). The zero-order valence-electron chi connectivity index (χ0n) is 14.0. The standard InChI is InChI=1S/C17H17ClN4O3S/c1-2-25-15-7-9-16(10-8-15)26(23,24)21-17-19-12-22(20-17)11-13-3-5-14(18)6-4-13/h3-10,12H,2,11H2,1H3,(H,20,21). The molecular formula is C17H17ClN4O3S. The van der Waals surface area contributed by atoms with Crippen LogP contribution in [0.4, 0.5) is 5.95 Å². The van der Waals surface area contributed by atoms with Crippen LogP contribution in [0.1, 0.15) is 12.5 Å². The molecule has 9 heteroatoms. The zero-order chi connectivity index (χ0) is 18.6. The summed E-state index contributed by atoms with van der Waals surface area (Å²) in [5.74, 6) is 0.615. The summed E-state index contributed by atoms with van der Waals surface area (Å²) in [5.41, 5.74) is 0.972. The molecule has 26 heavy (non-hydrogen) atoms. The Morgan fingerprint density at radius 1 is 1.12 bits per heavy atom. The molecule has 2 aromatic carbocycles. The van der Waals surface area contributed by atoms with Crippen LogP contribution in [0.2, 0.25) is 5.02 Å². The van der Waals surface area contributed by atoms with Gasteiger partial charge in [0.1, 0.15) is 12.1 Å². The van der Waals surface area contributed by atoms with Crippen molar-refractivity contribution in [1.82, 2.24) is 14.8 Å². The van der Waals surface area contributed by atoms with Crippen molar-refractivity contribution in [3.05, 3.63) is 65.4 Å². The van der Waals surface area contributed by atoms with E-state index in [2.05, 4.69) is 14.8 Å². The number of sulfonamides is 1. The average molecular weight is 393 g/mol. The number of hydrogen-bond acceptors (Lipinski definition) is 5. The number of hydrogen-bond donors (Lipinski definition) is 1. The van der Waals surface area contributed by atoms with Gasteiger partial charge in [0, 0.05) is 5.02 Å². The van der Waals surface area contributed by atoms with Gasteiger partial charge in [-0.1, -0.05) is 23.7 Å². The van der Waals surface area contributed by atoms with Gasteiger partial charge < -0.3 is 4.74 Å². The average Bonchev–Trinajstić information content (AvgIpc) is 3.04. The van der Waals surface area contributed by atoms with E-state index in [1.807, 2.05) is 19.1 Å². The molecule has 0 aliphatic rings. The van der Waals surface area contributed by atoms with Gasteiger partial charge in [-0.3, -0.25) is 0 Å². The molecule has 0 fully saturated rings. The van der Waals surface area contributed by atoms with Gasteiger partial charge in [0.25, 0.3) is 16.0 Å². The smallest absolute Gasteiger partial charge is 0.264 e. The Hall–Kier alpha value is -2.58. The minimum Gasteiger partial charge on any atom is -0.494 e. The first-order chi connectivity index (χ1) is 12.5. The summed E-state index contributed by atoms with van der Waals surface area (Å²) in [6.07, 6.45) is 1.46. The van der Waals surface area contributed by atoms with Gasteiger partial charge in [-0.25, -0.2) is 17.8 Å². The summed E-state index contributed by atoms with van der Waals surface area (Å²) in [5, 5.41) is 4.79. The number of anilines is 1. The van der Waals surface area contributed by atoms with Crippen LogP contribution < -0.4 is 9.46 Å². The van der Waals surface area contributed by atoms with E-state index in [9.17, 15) is 8.42 Å². The van der Waals surface area contributed by atoms with Gasteiger partial charge >= 0.3 is 0 Å². The van der Waals surface area contributed by atoms with Gasteiger partial charge in [-0.2, -0.15) is 4.98 Å². The predicted octanol–water partition coefficient (Wildman–Crippen LogP) is 3.18. The zero-order valence-corrected chi connectivity index (χ0v) is 15.5. The van der Waals surface area contributed by atoms with Crippen molar-refractivity contribution in [3.8, 4) is 5.75 Å². The highest BCUT2D eigenvalue weighted by Gasteiger charge is 2.16. The van der Waals surface area contributed by atoms with Crippen molar-refractivity contribution in [3.63, 3.8) is 0 Å². The van der Waals surface area contributed by atoms with Gasteiger partial charge in [0.05, 0.1) is 18.0 Å².